The molecule has 0 N–H and O–H groups in total. The molecule has 1 fully saturated rings. The fourth-order valence-corrected chi connectivity index (χ4v) is 5.78. The molecule has 0 radical (unpaired) electrons. The average molecular weight is 306 g/mol. The van der Waals surface area contributed by atoms with Crippen molar-refractivity contribution in [3.8, 4) is 6.07 Å². The summed E-state index contributed by atoms with van der Waals surface area (Å²) in [5.41, 5.74) is 0. The van der Waals surface area contributed by atoms with Gasteiger partial charge in [-0.25, -0.2) is 8.42 Å². The lowest BCUT2D eigenvalue weighted by Gasteiger charge is -2.33. The van der Waals surface area contributed by atoms with E-state index >= 15 is 0 Å². The predicted molar refractivity (Wildman–Crippen MR) is 61.4 cm³/mol. The maximum absolute atomic E-state index is 12.1. The van der Waals surface area contributed by atoms with Crippen molar-refractivity contribution in [1.29, 1.82) is 5.26 Å². The highest BCUT2D eigenvalue weighted by molar-refractivity contribution is 9.11. The van der Waals surface area contributed by atoms with Gasteiger partial charge in [0.25, 0.3) is 0 Å². The zero-order valence-electron chi connectivity index (χ0n) is 7.73. The van der Waals surface area contributed by atoms with Gasteiger partial charge in [0.15, 0.2) is 4.75 Å². The van der Waals surface area contributed by atoms with E-state index in [2.05, 4.69) is 15.9 Å². The number of sulfone groups is 1. The summed E-state index contributed by atoms with van der Waals surface area (Å²) in [7, 11) is -3.47. The van der Waals surface area contributed by atoms with Gasteiger partial charge in [-0.2, -0.15) is 5.26 Å². The third kappa shape index (κ3) is 1.53. The minimum Gasteiger partial charge on any atom is -0.221 e. The molecule has 0 aliphatic heterocycles. The zero-order chi connectivity index (χ0) is 11.1. The molecule has 1 saturated carbocycles. The number of thiophene rings is 1. The molecule has 0 bridgehead atoms. The van der Waals surface area contributed by atoms with Crippen LogP contribution in [0.5, 0.6) is 0 Å². The molecule has 2 rings (SSSR count). The molecule has 0 atom stereocenters. The monoisotopic (exact) mass is 305 g/mol. The second-order valence-electron chi connectivity index (χ2n) is 3.52. The lowest BCUT2D eigenvalue weighted by atomic mass is 9.86. The normalized spacial score (nSPS) is 19.2. The zero-order valence-corrected chi connectivity index (χ0v) is 11.0. The fraction of sp³-hybridized carbons (Fsp3) is 0.444. The molecule has 1 aliphatic rings. The molecule has 1 aromatic rings. The van der Waals surface area contributed by atoms with E-state index in [1.165, 1.54) is 0 Å². The Hall–Kier alpha value is -0.380. The van der Waals surface area contributed by atoms with Gasteiger partial charge in [0.05, 0.1) is 9.86 Å². The van der Waals surface area contributed by atoms with Gasteiger partial charge < -0.3 is 0 Å². The van der Waals surface area contributed by atoms with Crippen LogP contribution in [0, 0.1) is 11.3 Å². The Bertz CT molecular complexity index is 523. The van der Waals surface area contributed by atoms with Crippen LogP contribution in [-0.2, 0) is 9.84 Å². The minimum atomic E-state index is -3.47. The molecule has 0 unspecified atom stereocenters. The van der Waals surface area contributed by atoms with Crippen molar-refractivity contribution < 1.29 is 8.42 Å². The fourth-order valence-electron chi connectivity index (χ4n) is 1.57. The number of halogens is 1. The first-order chi connectivity index (χ1) is 7.02. The molecule has 1 aromatic heterocycles. The van der Waals surface area contributed by atoms with Crippen LogP contribution in [0.25, 0.3) is 0 Å². The first-order valence-corrected chi connectivity index (χ1v) is 7.52. The standard InChI is InChI=1S/C9H8BrNO2S2/c10-7-2-3-8(14-7)15(12,13)9(6-11)4-1-5-9/h2-3H,1,4-5H2. The Balaban J connectivity index is 2.49. The molecule has 1 aliphatic carbocycles. The summed E-state index contributed by atoms with van der Waals surface area (Å²) in [6.07, 6.45) is 1.74. The molecule has 0 spiro atoms. The van der Waals surface area contributed by atoms with Gasteiger partial charge in [-0.1, -0.05) is 0 Å². The number of rotatable bonds is 2. The Kier molecular flexibility index (Phi) is 2.65. The van der Waals surface area contributed by atoms with Gasteiger partial charge in [0.2, 0.25) is 9.84 Å². The van der Waals surface area contributed by atoms with E-state index in [1.807, 2.05) is 6.07 Å². The number of hydrogen-bond acceptors (Lipinski definition) is 4. The van der Waals surface area contributed by atoms with Gasteiger partial charge >= 0.3 is 0 Å². The summed E-state index contributed by atoms with van der Waals surface area (Å²) >= 11 is 4.39. The largest absolute Gasteiger partial charge is 0.221 e. The lowest BCUT2D eigenvalue weighted by Crippen LogP contribution is -2.43. The van der Waals surface area contributed by atoms with Crippen LogP contribution >= 0.6 is 27.3 Å². The maximum atomic E-state index is 12.1. The Morgan fingerprint density at radius 2 is 2.13 bits per heavy atom. The van der Waals surface area contributed by atoms with Crippen LogP contribution in [0.2, 0.25) is 0 Å². The van der Waals surface area contributed by atoms with E-state index in [0.717, 1.165) is 21.5 Å². The van der Waals surface area contributed by atoms with Gasteiger partial charge in [0, 0.05) is 0 Å². The SMILES string of the molecule is N#CC1(S(=O)(=O)c2ccc(Br)s2)CCC1. The number of nitriles is 1. The van der Waals surface area contributed by atoms with Gasteiger partial charge in [-0.15, -0.1) is 11.3 Å². The molecule has 0 aromatic carbocycles. The van der Waals surface area contributed by atoms with E-state index in [4.69, 9.17) is 5.26 Å². The van der Waals surface area contributed by atoms with E-state index in [9.17, 15) is 8.42 Å². The summed E-state index contributed by atoms with van der Waals surface area (Å²) < 4.78 is 24.2. The van der Waals surface area contributed by atoms with Crippen LogP contribution in [-0.4, -0.2) is 13.2 Å². The molecule has 15 heavy (non-hydrogen) atoms. The topological polar surface area (TPSA) is 57.9 Å². The van der Waals surface area contributed by atoms with Crippen LogP contribution in [0.15, 0.2) is 20.1 Å². The van der Waals surface area contributed by atoms with Gasteiger partial charge in [-0.05, 0) is 47.3 Å². The van der Waals surface area contributed by atoms with Crippen molar-refractivity contribution in [2.75, 3.05) is 0 Å². The minimum absolute atomic E-state index is 0.288. The summed E-state index contributed by atoms with van der Waals surface area (Å²) in [6, 6.07) is 5.22. The van der Waals surface area contributed by atoms with E-state index in [0.29, 0.717) is 12.8 Å². The molecule has 0 saturated heterocycles. The summed E-state index contributed by atoms with van der Waals surface area (Å²) in [5.74, 6) is 0. The second-order valence-corrected chi connectivity index (χ2v) is 8.47. The summed E-state index contributed by atoms with van der Waals surface area (Å²) in [6.45, 7) is 0. The van der Waals surface area contributed by atoms with Crippen LogP contribution in [0.3, 0.4) is 0 Å². The third-order valence-corrected chi connectivity index (χ3v) is 7.21. The van der Waals surface area contributed by atoms with Crippen molar-refractivity contribution in [2.24, 2.45) is 0 Å². The van der Waals surface area contributed by atoms with Crippen molar-refractivity contribution in [3.63, 3.8) is 0 Å². The predicted octanol–water partition coefficient (Wildman–Crippen LogP) is 2.73. The smallest absolute Gasteiger partial charge is 0.206 e. The quantitative estimate of drug-likeness (QED) is 0.844. The first kappa shape index (κ1) is 11.1. The van der Waals surface area contributed by atoms with Gasteiger partial charge in [0.1, 0.15) is 4.21 Å². The molecule has 3 nitrogen and oxygen atoms in total. The Labute approximate surface area is 101 Å². The molecule has 80 valence electrons. The van der Waals surface area contributed by atoms with Crippen molar-refractivity contribution in [3.05, 3.63) is 15.9 Å². The third-order valence-electron chi connectivity index (χ3n) is 2.69. The van der Waals surface area contributed by atoms with Gasteiger partial charge in [-0.3, -0.25) is 0 Å². The summed E-state index contributed by atoms with van der Waals surface area (Å²) in [5, 5.41) is 9.00. The van der Waals surface area contributed by atoms with E-state index in [-0.39, 0.29) is 4.21 Å². The molecular weight excluding hydrogens is 298 g/mol. The second kappa shape index (κ2) is 3.58. The van der Waals surface area contributed by atoms with E-state index < -0.39 is 14.6 Å². The van der Waals surface area contributed by atoms with Crippen molar-refractivity contribution in [1.82, 2.24) is 0 Å². The highest BCUT2D eigenvalue weighted by Crippen LogP contribution is 2.44. The molecular formula is C9H8BrNO2S2. The average Bonchev–Trinajstić information content (AvgIpc) is 2.50. The number of nitrogens with zero attached hydrogens (tertiary/aromatic N) is 1. The maximum Gasteiger partial charge on any atom is 0.206 e. The van der Waals surface area contributed by atoms with Crippen molar-refractivity contribution >= 4 is 37.1 Å². The van der Waals surface area contributed by atoms with E-state index in [1.54, 1.807) is 12.1 Å². The van der Waals surface area contributed by atoms with Crippen LogP contribution in [0.4, 0.5) is 0 Å². The molecule has 6 heteroatoms. The number of hydrogen-bond donors (Lipinski definition) is 0. The highest BCUT2D eigenvalue weighted by atomic mass is 79.9. The Morgan fingerprint density at radius 3 is 2.47 bits per heavy atom. The lowest BCUT2D eigenvalue weighted by molar-refractivity contribution is 0.407. The van der Waals surface area contributed by atoms with Crippen molar-refractivity contribution in [2.45, 2.75) is 28.2 Å². The van der Waals surface area contributed by atoms with Crippen LogP contribution < -0.4 is 0 Å². The Morgan fingerprint density at radius 1 is 1.47 bits per heavy atom. The summed E-state index contributed by atoms with van der Waals surface area (Å²) in [4.78, 5) is 0. The first-order valence-electron chi connectivity index (χ1n) is 4.43. The molecule has 0 amide bonds. The van der Waals surface area contributed by atoms with Crippen LogP contribution in [0.1, 0.15) is 19.3 Å². The highest BCUT2D eigenvalue weighted by Gasteiger charge is 2.50. The molecule has 1 heterocycles.